The molecule has 0 saturated heterocycles. The van der Waals surface area contributed by atoms with Crippen molar-refractivity contribution in [3.05, 3.63) is 57.2 Å². The lowest BCUT2D eigenvalue weighted by molar-refractivity contribution is 0.0982. The molecule has 0 radical (unpaired) electrons. The molecule has 0 saturated carbocycles. The fraction of sp³-hybridized carbons (Fsp3) is 0.389. The highest BCUT2D eigenvalue weighted by atomic mass is 35.5. The van der Waals surface area contributed by atoms with E-state index >= 15 is 0 Å². The summed E-state index contributed by atoms with van der Waals surface area (Å²) in [6.07, 6.45) is 0.482. The maximum absolute atomic E-state index is 12.1. The van der Waals surface area contributed by atoms with Gasteiger partial charge in [0.1, 0.15) is 0 Å². The van der Waals surface area contributed by atoms with Crippen LogP contribution >= 0.6 is 22.9 Å². The van der Waals surface area contributed by atoms with Crippen LogP contribution in [0.15, 0.2) is 42.5 Å². The van der Waals surface area contributed by atoms with Gasteiger partial charge in [0, 0.05) is 19.0 Å². The summed E-state index contributed by atoms with van der Waals surface area (Å²) in [7, 11) is 0. The molecule has 2 nitrogen and oxygen atoms in total. The Morgan fingerprint density at radius 3 is 2.41 bits per heavy atom. The van der Waals surface area contributed by atoms with Crippen LogP contribution in [0, 0.1) is 5.41 Å². The van der Waals surface area contributed by atoms with Crippen LogP contribution in [0.25, 0.3) is 0 Å². The average Bonchev–Trinajstić information content (AvgIpc) is 2.89. The fourth-order valence-electron chi connectivity index (χ4n) is 2.49. The van der Waals surface area contributed by atoms with Gasteiger partial charge in [0.2, 0.25) is 0 Å². The number of halogens is 1. The molecule has 1 atom stereocenters. The van der Waals surface area contributed by atoms with E-state index in [4.69, 9.17) is 11.6 Å². The molecule has 0 spiro atoms. The molecule has 0 aliphatic carbocycles. The molecule has 1 unspecified atom stereocenters. The smallest absolute Gasteiger partial charge is 0.174 e. The summed E-state index contributed by atoms with van der Waals surface area (Å²) in [5.74, 6) is 0.144. The van der Waals surface area contributed by atoms with Gasteiger partial charge in [0.15, 0.2) is 5.78 Å². The third kappa shape index (κ3) is 4.67. The van der Waals surface area contributed by atoms with Crippen LogP contribution in [-0.2, 0) is 0 Å². The van der Waals surface area contributed by atoms with Gasteiger partial charge < -0.3 is 5.32 Å². The van der Waals surface area contributed by atoms with E-state index < -0.39 is 0 Å². The van der Waals surface area contributed by atoms with Crippen LogP contribution in [0.4, 0.5) is 0 Å². The topological polar surface area (TPSA) is 29.1 Å². The Balaban J connectivity index is 1.96. The van der Waals surface area contributed by atoms with Crippen molar-refractivity contribution in [3.63, 3.8) is 0 Å². The van der Waals surface area contributed by atoms with E-state index in [-0.39, 0.29) is 17.2 Å². The Morgan fingerprint density at radius 1 is 1.18 bits per heavy atom. The van der Waals surface area contributed by atoms with Crippen molar-refractivity contribution >= 4 is 28.7 Å². The summed E-state index contributed by atoms with van der Waals surface area (Å²) < 4.78 is 0.660. The number of rotatable bonds is 6. The minimum absolute atomic E-state index is 0.0800. The molecular formula is C18H22ClNOS. The number of nitrogens with one attached hydrogen (secondary N) is 1. The van der Waals surface area contributed by atoms with E-state index in [2.05, 4.69) is 50.4 Å². The highest BCUT2D eigenvalue weighted by Gasteiger charge is 2.25. The van der Waals surface area contributed by atoms with Crippen LogP contribution in [0.3, 0.4) is 0 Å². The molecule has 1 aromatic carbocycles. The second kappa shape index (κ2) is 7.40. The SMILES string of the molecule is CC(C)(C)C(NCCC(=O)c1ccc(Cl)s1)c1ccccc1. The zero-order valence-electron chi connectivity index (χ0n) is 13.2. The summed E-state index contributed by atoms with van der Waals surface area (Å²) in [4.78, 5) is 12.9. The van der Waals surface area contributed by atoms with E-state index in [1.807, 2.05) is 6.07 Å². The number of ketones is 1. The van der Waals surface area contributed by atoms with Crippen molar-refractivity contribution in [3.8, 4) is 0 Å². The predicted molar refractivity (Wildman–Crippen MR) is 94.9 cm³/mol. The molecule has 2 rings (SSSR count). The minimum Gasteiger partial charge on any atom is -0.309 e. The normalized spacial score (nSPS) is 13.1. The Kier molecular flexibility index (Phi) is 5.79. The van der Waals surface area contributed by atoms with Crippen molar-refractivity contribution in [2.24, 2.45) is 5.41 Å². The van der Waals surface area contributed by atoms with Gasteiger partial charge in [-0.05, 0) is 23.1 Å². The lowest BCUT2D eigenvalue weighted by Gasteiger charge is -2.32. The lowest BCUT2D eigenvalue weighted by Crippen LogP contribution is -2.33. The Bertz CT molecular complexity index is 616. The summed E-state index contributed by atoms with van der Waals surface area (Å²) >= 11 is 7.22. The predicted octanol–water partition coefficient (Wildman–Crippen LogP) is 5.35. The second-order valence-electron chi connectivity index (χ2n) is 6.44. The minimum atomic E-state index is 0.0800. The summed E-state index contributed by atoms with van der Waals surface area (Å²) in [6.45, 7) is 7.28. The molecule has 0 aliphatic heterocycles. The number of hydrogen-bond acceptors (Lipinski definition) is 3. The van der Waals surface area contributed by atoms with Gasteiger partial charge in [0.05, 0.1) is 9.21 Å². The quantitative estimate of drug-likeness (QED) is 0.721. The van der Waals surface area contributed by atoms with E-state index in [9.17, 15) is 4.79 Å². The average molecular weight is 336 g/mol. The molecule has 1 N–H and O–H groups in total. The van der Waals surface area contributed by atoms with E-state index in [0.717, 1.165) is 4.88 Å². The van der Waals surface area contributed by atoms with Gasteiger partial charge in [-0.15, -0.1) is 11.3 Å². The Morgan fingerprint density at radius 2 is 1.86 bits per heavy atom. The first-order valence-corrected chi connectivity index (χ1v) is 8.64. The Hall–Kier alpha value is -1.16. The molecule has 118 valence electrons. The van der Waals surface area contributed by atoms with Crippen molar-refractivity contribution in [1.82, 2.24) is 5.32 Å². The summed E-state index contributed by atoms with van der Waals surface area (Å²) in [5, 5.41) is 3.53. The van der Waals surface area contributed by atoms with Crippen molar-refractivity contribution in [2.45, 2.75) is 33.2 Å². The van der Waals surface area contributed by atoms with Crippen LogP contribution in [0.2, 0.25) is 4.34 Å². The van der Waals surface area contributed by atoms with Gasteiger partial charge >= 0.3 is 0 Å². The number of Topliss-reactive ketones (excluding diaryl/α,β-unsaturated/α-hetero) is 1. The Labute approximate surface area is 141 Å². The van der Waals surface area contributed by atoms with Crippen LogP contribution in [0.1, 0.15) is 48.5 Å². The van der Waals surface area contributed by atoms with E-state index in [0.29, 0.717) is 17.3 Å². The second-order valence-corrected chi connectivity index (χ2v) is 8.16. The first-order chi connectivity index (χ1) is 10.4. The number of hydrogen-bond donors (Lipinski definition) is 1. The molecule has 22 heavy (non-hydrogen) atoms. The number of carbonyl (C=O) groups excluding carboxylic acids is 1. The molecule has 4 heteroatoms. The van der Waals surface area contributed by atoms with Crippen molar-refractivity contribution < 1.29 is 4.79 Å². The molecule has 0 bridgehead atoms. The number of carbonyl (C=O) groups is 1. The first kappa shape index (κ1) is 17.2. The van der Waals surface area contributed by atoms with Crippen LogP contribution in [0.5, 0.6) is 0 Å². The van der Waals surface area contributed by atoms with Crippen LogP contribution < -0.4 is 5.32 Å². The van der Waals surface area contributed by atoms with Gasteiger partial charge in [-0.25, -0.2) is 0 Å². The molecular weight excluding hydrogens is 314 g/mol. The largest absolute Gasteiger partial charge is 0.309 e. The van der Waals surface area contributed by atoms with Crippen molar-refractivity contribution in [1.29, 1.82) is 0 Å². The van der Waals surface area contributed by atoms with E-state index in [1.54, 1.807) is 12.1 Å². The molecule has 0 amide bonds. The lowest BCUT2D eigenvalue weighted by atomic mass is 9.82. The fourth-order valence-corrected chi connectivity index (χ4v) is 3.50. The van der Waals surface area contributed by atoms with E-state index in [1.165, 1.54) is 16.9 Å². The highest BCUT2D eigenvalue weighted by Crippen LogP contribution is 2.32. The maximum atomic E-state index is 12.1. The monoisotopic (exact) mass is 335 g/mol. The van der Waals surface area contributed by atoms with Crippen molar-refractivity contribution in [2.75, 3.05) is 6.54 Å². The summed E-state index contributed by atoms with van der Waals surface area (Å²) in [5.41, 5.74) is 1.33. The zero-order chi connectivity index (χ0) is 16.2. The molecule has 0 aliphatic rings. The third-order valence-corrected chi connectivity index (χ3v) is 4.82. The third-order valence-electron chi connectivity index (χ3n) is 3.55. The molecule has 0 fully saturated rings. The number of benzene rings is 1. The highest BCUT2D eigenvalue weighted by molar-refractivity contribution is 7.18. The van der Waals surface area contributed by atoms with Gasteiger partial charge in [-0.2, -0.15) is 0 Å². The van der Waals surface area contributed by atoms with Crippen LogP contribution in [-0.4, -0.2) is 12.3 Å². The zero-order valence-corrected chi connectivity index (χ0v) is 14.8. The molecule has 1 heterocycles. The summed E-state index contributed by atoms with van der Waals surface area (Å²) in [6, 6.07) is 14.2. The standard InChI is InChI=1S/C18H22ClNOS/c1-18(2,3)17(13-7-5-4-6-8-13)20-12-11-14(21)15-9-10-16(19)22-15/h4-10,17,20H,11-12H2,1-3H3. The van der Waals surface area contributed by atoms with Gasteiger partial charge in [0.25, 0.3) is 0 Å². The first-order valence-electron chi connectivity index (χ1n) is 7.45. The molecule has 2 aromatic rings. The van der Waals surface area contributed by atoms with Gasteiger partial charge in [-0.3, -0.25) is 4.79 Å². The molecule has 1 aromatic heterocycles. The number of thiophene rings is 1. The van der Waals surface area contributed by atoms with Gasteiger partial charge in [-0.1, -0.05) is 62.7 Å². The maximum Gasteiger partial charge on any atom is 0.174 e.